The summed E-state index contributed by atoms with van der Waals surface area (Å²) in [4.78, 5) is 28.3. The molecule has 0 saturated heterocycles. The number of aryl methyl sites for hydroxylation is 1. The number of fused-ring (bicyclic) bond motifs is 1. The summed E-state index contributed by atoms with van der Waals surface area (Å²) >= 11 is 0. The highest BCUT2D eigenvalue weighted by atomic mass is 16.1. The van der Waals surface area contributed by atoms with E-state index in [-0.39, 0.29) is 0 Å². The fourth-order valence-electron chi connectivity index (χ4n) is 2.81. The van der Waals surface area contributed by atoms with Gasteiger partial charge in [-0.3, -0.25) is 14.5 Å². The van der Waals surface area contributed by atoms with E-state index in [1.807, 2.05) is 50.3 Å². The number of nitrogens with zero attached hydrogens (tertiary/aromatic N) is 4. The molecule has 0 radical (unpaired) electrons. The van der Waals surface area contributed by atoms with Crippen molar-refractivity contribution >= 4 is 35.5 Å². The van der Waals surface area contributed by atoms with Gasteiger partial charge in [-0.15, -0.1) is 5.10 Å². The van der Waals surface area contributed by atoms with E-state index >= 15 is 0 Å². The number of rotatable bonds is 8. The van der Waals surface area contributed by atoms with E-state index in [0.29, 0.717) is 23.4 Å². The van der Waals surface area contributed by atoms with Crippen LogP contribution >= 0.6 is 0 Å². The van der Waals surface area contributed by atoms with Crippen molar-refractivity contribution in [2.75, 3.05) is 22.6 Å². The lowest BCUT2D eigenvalue weighted by atomic mass is 10.2. The molecule has 0 saturated carbocycles. The molecule has 29 heavy (non-hydrogen) atoms. The summed E-state index contributed by atoms with van der Waals surface area (Å²) in [5, 5.41) is 10.6. The molecule has 1 amide bonds. The van der Waals surface area contributed by atoms with Crippen LogP contribution in [0.15, 0.2) is 60.6 Å². The number of allylic oxidation sites excluding steroid dienone is 3. The third-order valence-electron chi connectivity index (χ3n) is 4.22. The fraction of sp³-hybridized carbons (Fsp3) is 0.143. The van der Waals surface area contributed by atoms with Gasteiger partial charge in [-0.05, 0) is 43.7 Å². The molecule has 0 fully saturated rings. The van der Waals surface area contributed by atoms with Gasteiger partial charge in [-0.25, -0.2) is 9.50 Å². The third kappa shape index (κ3) is 4.49. The number of carbonyl (C=O) groups excluding carboxylic acids is 2. The predicted molar refractivity (Wildman–Crippen MR) is 114 cm³/mol. The zero-order chi connectivity index (χ0) is 20.8. The lowest BCUT2D eigenvalue weighted by molar-refractivity contribution is -0.106. The first-order valence-electron chi connectivity index (χ1n) is 9.00. The molecule has 8 nitrogen and oxygen atoms in total. The van der Waals surface area contributed by atoms with Crippen molar-refractivity contribution in [1.29, 1.82) is 0 Å². The molecule has 2 N–H and O–H groups in total. The lowest BCUT2D eigenvalue weighted by Crippen LogP contribution is -2.12. The maximum Gasteiger partial charge on any atom is 0.218 e. The second-order valence-electron chi connectivity index (χ2n) is 6.40. The number of hydrogen-bond donors (Lipinski definition) is 2. The second-order valence-corrected chi connectivity index (χ2v) is 6.40. The average molecular weight is 390 g/mol. The molecule has 0 bridgehead atoms. The van der Waals surface area contributed by atoms with Gasteiger partial charge in [-0.1, -0.05) is 12.1 Å². The van der Waals surface area contributed by atoms with Crippen molar-refractivity contribution < 1.29 is 9.59 Å². The molecule has 0 unspecified atom stereocenters. The van der Waals surface area contributed by atoms with Gasteiger partial charge >= 0.3 is 0 Å². The minimum absolute atomic E-state index is 0.362. The Labute approximate surface area is 168 Å². The van der Waals surface area contributed by atoms with Crippen LogP contribution in [0.2, 0.25) is 0 Å². The zero-order valence-corrected chi connectivity index (χ0v) is 16.5. The molecule has 0 aliphatic rings. The highest BCUT2D eigenvalue weighted by Crippen LogP contribution is 2.20. The summed E-state index contributed by atoms with van der Waals surface area (Å²) < 4.78 is 1.48. The Morgan fingerprint density at radius 3 is 2.76 bits per heavy atom. The number of nitrogens with one attached hydrogen (secondary N) is 2. The van der Waals surface area contributed by atoms with E-state index in [9.17, 15) is 9.59 Å². The molecular formula is C21H22N6O2. The maximum absolute atomic E-state index is 11.4. The Kier molecular flexibility index (Phi) is 6.03. The number of imidazole rings is 1. The first-order valence-corrected chi connectivity index (χ1v) is 9.00. The molecule has 148 valence electrons. The van der Waals surface area contributed by atoms with Gasteiger partial charge in [0.15, 0.2) is 17.8 Å². The summed E-state index contributed by atoms with van der Waals surface area (Å²) in [7, 11) is 1.78. The standard InChI is InChI=1S/C21H22N6O2/c1-15-6-4-8-17(10-15)26(14-29)9-5-7-16(2)24-20-11-19(22-3)21-23-12-18(13-28)27(21)25-20/h4-14,22H,1-3H3,(H,24,25)/b9-5-,16-7+. The Balaban J connectivity index is 1.79. The van der Waals surface area contributed by atoms with Crippen molar-refractivity contribution in [3.05, 3.63) is 71.8 Å². The fourth-order valence-corrected chi connectivity index (χ4v) is 2.81. The summed E-state index contributed by atoms with van der Waals surface area (Å²) in [6.45, 7) is 3.85. The maximum atomic E-state index is 11.4. The summed E-state index contributed by atoms with van der Waals surface area (Å²) in [5.41, 5.74) is 4.35. The Hall–Kier alpha value is -3.94. The normalized spacial score (nSPS) is 11.6. The van der Waals surface area contributed by atoms with Crippen molar-refractivity contribution in [3.63, 3.8) is 0 Å². The summed E-state index contributed by atoms with van der Waals surface area (Å²) in [5.74, 6) is 0.552. The molecule has 0 atom stereocenters. The van der Waals surface area contributed by atoms with Crippen LogP contribution in [0.1, 0.15) is 23.0 Å². The molecule has 3 rings (SSSR count). The van der Waals surface area contributed by atoms with Crippen LogP contribution in [0.4, 0.5) is 17.2 Å². The quantitative estimate of drug-likeness (QED) is 0.453. The number of aromatic nitrogens is 3. The summed E-state index contributed by atoms with van der Waals surface area (Å²) in [6, 6.07) is 9.49. The molecule has 0 aliphatic heterocycles. The predicted octanol–water partition coefficient (Wildman–Crippen LogP) is 3.38. The van der Waals surface area contributed by atoms with E-state index in [4.69, 9.17) is 0 Å². The molecule has 0 aliphatic carbocycles. The van der Waals surface area contributed by atoms with Crippen LogP contribution in [-0.2, 0) is 4.79 Å². The van der Waals surface area contributed by atoms with Crippen LogP contribution in [0.3, 0.4) is 0 Å². The first kappa shape index (κ1) is 19.8. The van der Waals surface area contributed by atoms with Gasteiger partial charge in [0.2, 0.25) is 6.41 Å². The average Bonchev–Trinajstić information content (AvgIpc) is 3.13. The largest absolute Gasteiger partial charge is 0.385 e. The number of amides is 1. The van der Waals surface area contributed by atoms with E-state index in [2.05, 4.69) is 20.7 Å². The Morgan fingerprint density at radius 1 is 1.24 bits per heavy atom. The van der Waals surface area contributed by atoms with Crippen LogP contribution in [0.25, 0.3) is 5.65 Å². The van der Waals surface area contributed by atoms with Crippen LogP contribution in [-0.4, -0.2) is 34.3 Å². The van der Waals surface area contributed by atoms with Gasteiger partial charge in [-0.2, -0.15) is 0 Å². The number of hydrogen-bond acceptors (Lipinski definition) is 6. The topological polar surface area (TPSA) is 91.6 Å². The number of benzene rings is 1. The molecule has 0 spiro atoms. The van der Waals surface area contributed by atoms with Crippen molar-refractivity contribution in [2.24, 2.45) is 0 Å². The van der Waals surface area contributed by atoms with Gasteiger partial charge < -0.3 is 10.6 Å². The number of anilines is 3. The van der Waals surface area contributed by atoms with Crippen LogP contribution in [0, 0.1) is 6.92 Å². The zero-order valence-electron chi connectivity index (χ0n) is 16.5. The van der Waals surface area contributed by atoms with Crippen molar-refractivity contribution in [1.82, 2.24) is 14.6 Å². The van der Waals surface area contributed by atoms with Gasteiger partial charge in [0.05, 0.1) is 11.9 Å². The Morgan fingerprint density at radius 2 is 2.07 bits per heavy atom. The summed E-state index contributed by atoms with van der Waals surface area (Å²) in [6.07, 6.45) is 8.22. The molecule has 1 aromatic carbocycles. The monoisotopic (exact) mass is 390 g/mol. The van der Waals surface area contributed by atoms with E-state index in [1.165, 1.54) is 15.6 Å². The van der Waals surface area contributed by atoms with Crippen molar-refractivity contribution in [2.45, 2.75) is 13.8 Å². The van der Waals surface area contributed by atoms with Gasteiger partial charge in [0, 0.05) is 30.7 Å². The first-order chi connectivity index (χ1) is 14.0. The lowest BCUT2D eigenvalue weighted by Gasteiger charge is -2.12. The number of aldehydes is 1. The number of carbonyl (C=O) groups is 2. The van der Waals surface area contributed by atoms with Crippen LogP contribution in [0.5, 0.6) is 0 Å². The van der Waals surface area contributed by atoms with E-state index < -0.39 is 0 Å². The second kappa shape index (κ2) is 8.83. The highest BCUT2D eigenvalue weighted by molar-refractivity contribution is 5.79. The molecule has 8 heteroatoms. The third-order valence-corrected chi connectivity index (χ3v) is 4.22. The van der Waals surface area contributed by atoms with Gasteiger partial charge in [0.1, 0.15) is 5.69 Å². The van der Waals surface area contributed by atoms with Crippen molar-refractivity contribution in [3.8, 4) is 0 Å². The molecular weight excluding hydrogens is 368 g/mol. The SMILES string of the molecule is CNc1cc(N/C(C)=C/C=C\N(C=O)c2cccc(C)c2)nn2c(C=O)cnc12. The highest BCUT2D eigenvalue weighted by Gasteiger charge is 2.10. The Bertz CT molecular complexity index is 1100. The van der Waals surface area contributed by atoms with Gasteiger partial charge in [0.25, 0.3) is 0 Å². The minimum atomic E-state index is 0.362. The molecule has 2 heterocycles. The van der Waals surface area contributed by atoms with E-state index in [0.717, 1.165) is 29.0 Å². The van der Waals surface area contributed by atoms with E-state index in [1.54, 1.807) is 19.3 Å². The van der Waals surface area contributed by atoms with Crippen LogP contribution < -0.4 is 15.5 Å². The smallest absolute Gasteiger partial charge is 0.218 e. The molecule has 3 aromatic rings. The molecule has 2 aromatic heterocycles. The minimum Gasteiger partial charge on any atom is -0.385 e.